The van der Waals surface area contributed by atoms with Crippen molar-refractivity contribution in [2.75, 3.05) is 39.3 Å². The molecular formula is C35H48N4O6. The lowest BCUT2D eigenvalue weighted by Gasteiger charge is -2.39. The van der Waals surface area contributed by atoms with Crippen LogP contribution in [0.4, 0.5) is 4.79 Å². The van der Waals surface area contributed by atoms with E-state index in [4.69, 9.17) is 15.5 Å². The third-order valence-corrected chi connectivity index (χ3v) is 9.92. The van der Waals surface area contributed by atoms with Gasteiger partial charge in [0, 0.05) is 51.2 Å². The van der Waals surface area contributed by atoms with Crippen LogP contribution in [0, 0.1) is 11.8 Å². The van der Waals surface area contributed by atoms with Crippen molar-refractivity contribution >= 4 is 12.1 Å². The molecule has 3 fully saturated rings. The number of nitrogens with two attached hydrogens (primary N) is 1. The molecule has 1 aliphatic carbocycles. The lowest BCUT2D eigenvalue weighted by atomic mass is 9.83. The third kappa shape index (κ3) is 8.64. The number of carbonyl (C=O) groups is 2. The highest BCUT2D eigenvalue weighted by molar-refractivity contribution is 5.74. The number of ether oxygens (including phenoxy) is 1. The molecule has 3 N–H and O–H groups in total. The van der Waals surface area contributed by atoms with E-state index in [9.17, 15) is 14.7 Å². The number of carbonyl (C=O) groups excluding carboxylic acids is 1. The Morgan fingerprint density at radius 2 is 1.71 bits per heavy atom. The molecule has 0 radical (unpaired) electrons. The zero-order valence-corrected chi connectivity index (χ0v) is 26.2. The topological polar surface area (TPSA) is 118 Å². The Labute approximate surface area is 266 Å². The van der Waals surface area contributed by atoms with Gasteiger partial charge in [-0.15, -0.1) is 6.58 Å². The Kier molecular flexibility index (Phi) is 11.9. The van der Waals surface area contributed by atoms with Crippen molar-refractivity contribution in [3.63, 3.8) is 0 Å². The zero-order valence-electron chi connectivity index (χ0n) is 26.2. The Bertz CT molecular complexity index is 1230. The van der Waals surface area contributed by atoms with Crippen molar-refractivity contribution < 1.29 is 29.3 Å². The van der Waals surface area contributed by atoms with E-state index in [-0.39, 0.29) is 24.7 Å². The molecule has 0 aromatic heterocycles. The molecule has 2 aromatic carbocycles. The number of piperidine rings is 1. The number of carboxylic acid groups (broad SMARTS) is 1. The van der Waals surface area contributed by atoms with Crippen LogP contribution in [-0.2, 0) is 21.1 Å². The van der Waals surface area contributed by atoms with Gasteiger partial charge in [0.1, 0.15) is 12.6 Å². The predicted molar refractivity (Wildman–Crippen MR) is 171 cm³/mol. The molecule has 2 heterocycles. The second-order valence-corrected chi connectivity index (χ2v) is 12.8. The minimum atomic E-state index is -0.670. The number of hydrogen-bond acceptors (Lipinski definition) is 8. The number of benzene rings is 2. The number of amides is 1. The molecule has 1 amide bonds. The molecule has 0 spiro atoms. The maximum atomic E-state index is 13.1. The maximum absolute atomic E-state index is 13.1. The maximum Gasteiger partial charge on any atom is 0.410 e. The number of hydrogen-bond donors (Lipinski definition) is 2. The van der Waals surface area contributed by atoms with Gasteiger partial charge < -0.3 is 24.5 Å². The van der Waals surface area contributed by atoms with Crippen molar-refractivity contribution in [2.24, 2.45) is 17.7 Å². The van der Waals surface area contributed by atoms with E-state index >= 15 is 0 Å². The van der Waals surface area contributed by atoms with Crippen molar-refractivity contribution in [1.29, 1.82) is 0 Å². The summed E-state index contributed by atoms with van der Waals surface area (Å²) in [6, 6.07) is 17.2. The number of carboxylic acids is 1. The molecule has 244 valence electrons. The number of rotatable bonds is 13. The van der Waals surface area contributed by atoms with Crippen molar-refractivity contribution in [3.8, 4) is 5.75 Å². The average Bonchev–Trinajstić information content (AvgIpc) is 3.47. The number of likely N-dealkylation sites (tertiary alicyclic amines) is 2. The van der Waals surface area contributed by atoms with Gasteiger partial charge in [-0.25, -0.2) is 4.79 Å². The van der Waals surface area contributed by atoms with Crippen molar-refractivity contribution in [3.05, 3.63) is 78.4 Å². The molecular weight excluding hydrogens is 572 g/mol. The summed E-state index contributed by atoms with van der Waals surface area (Å²) in [6.45, 7) is 8.69. The lowest BCUT2D eigenvalue weighted by Crippen LogP contribution is -2.49. The highest BCUT2D eigenvalue weighted by Crippen LogP contribution is 2.38. The summed E-state index contributed by atoms with van der Waals surface area (Å²) in [5, 5.41) is 10.3. The summed E-state index contributed by atoms with van der Waals surface area (Å²) >= 11 is 0. The molecule has 3 aliphatic rings. The molecule has 2 saturated heterocycles. The largest absolute Gasteiger partial charge is 0.480 e. The molecule has 3 atom stereocenters. The SMILES string of the molecule is C=CCN(C(=O)OCc1ccc(OON)cc1)C1CCN(C[C@H]2CN([C@@H](C(=O)O)C3CCCCC3)C[C@@H]2c2ccccc2)CC1. The van der Waals surface area contributed by atoms with Gasteiger partial charge in [-0.1, -0.05) is 72.8 Å². The van der Waals surface area contributed by atoms with Gasteiger partial charge in [0.2, 0.25) is 0 Å². The molecule has 45 heavy (non-hydrogen) atoms. The summed E-state index contributed by atoms with van der Waals surface area (Å²) in [7, 11) is 0. The minimum absolute atomic E-state index is 0.0666. The molecule has 2 aromatic rings. The molecule has 0 unspecified atom stereocenters. The smallest absolute Gasteiger partial charge is 0.410 e. The van der Waals surface area contributed by atoms with E-state index < -0.39 is 12.0 Å². The minimum Gasteiger partial charge on any atom is -0.480 e. The first kappa shape index (κ1) is 32.9. The van der Waals surface area contributed by atoms with Crippen LogP contribution >= 0.6 is 0 Å². The number of nitrogens with zero attached hydrogens (tertiary/aromatic N) is 3. The summed E-state index contributed by atoms with van der Waals surface area (Å²) in [6.07, 6.45) is 8.59. The highest BCUT2D eigenvalue weighted by Gasteiger charge is 2.43. The van der Waals surface area contributed by atoms with Gasteiger partial charge in [-0.2, -0.15) is 5.90 Å². The van der Waals surface area contributed by atoms with Crippen LogP contribution in [0.2, 0.25) is 0 Å². The van der Waals surface area contributed by atoms with E-state index in [0.29, 0.717) is 24.1 Å². The second-order valence-electron chi connectivity index (χ2n) is 12.8. The van der Waals surface area contributed by atoms with Crippen LogP contribution in [0.3, 0.4) is 0 Å². The highest BCUT2D eigenvalue weighted by atomic mass is 17.3. The molecule has 0 bridgehead atoms. The van der Waals surface area contributed by atoms with Crippen molar-refractivity contribution in [1.82, 2.24) is 14.7 Å². The van der Waals surface area contributed by atoms with Crippen LogP contribution in [0.15, 0.2) is 67.3 Å². The van der Waals surface area contributed by atoms with Crippen molar-refractivity contribution in [2.45, 2.75) is 69.6 Å². The van der Waals surface area contributed by atoms with E-state index in [0.717, 1.165) is 76.8 Å². The first-order valence-corrected chi connectivity index (χ1v) is 16.4. The van der Waals surface area contributed by atoms with Crippen LogP contribution in [0.25, 0.3) is 0 Å². The van der Waals surface area contributed by atoms with Gasteiger partial charge in [0.15, 0.2) is 5.75 Å². The standard InChI is InChI=1S/C35H48N4O6/c1-2-19-39(35(42)43-25-26-13-15-31(16-14-26)44-45-36)30-17-20-37(21-18-30)22-29-23-38(24-32(29)27-9-5-3-6-10-27)33(34(40)41)28-11-7-4-8-12-28/h2-3,5-6,9-10,13-16,28-30,32-33H,1,4,7-8,11-12,17-25,36H2,(H,40,41)/t29-,32+,33+/m0/s1. The van der Waals surface area contributed by atoms with Gasteiger partial charge in [0.05, 0.1) is 0 Å². The first-order chi connectivity index (χ1) is 22.0. The van der Waals surface area contributed by atoms with Crippen LogP contribution in [0.1, 0.15) is 62.0 Å². The normalized spacial score (nSPS) is 22.5. The summed E-state index contributed by atoms with van der Waals surface area (Å²) < 4.78 is 5.67. The van der Waals surface area contributed by atoms with E-state index in [2.05, 4.69) is 45.6 Å². The Morgan fingerprint density at radius 3 is 2.36 bits per heavy atom. The Balaban J connectivity index is 1.18. The Hall–Kier alpha value is -3.44. The van der Waals surface area contributed by atoms with E-state index in [1.54, 1.807) is 35.2 Å². The zero-order chi connectivity index (χ0) is 31.6. The fraction of sp³-hybridized carbons (Fsp3) is 0.543. The lowest BCUT2D eigenvalue weighted by molar-refractivity contribution is -0.211. The summed E-state index contributed by atoms with van der Waals surface area (Å²) in [5.74, 6) is 5.59. The Morgan fingerprint density at radius 1 is 1.00 bits per heavy atom. The van der Waals surface area contributed by atoms with Gasteiger partial charge in [-0.05, 0) is 60.8 Å². The van der Waals surface area contributed by atoms with Crippen LogP contribution in [0.5, 0.6) is 5.75 Å². The first-order valence-electron chi connectivity index (χ1n) is 16.4. The predicted octanol–water partition coefficient (Wildman–Crippen LogP) is 5.21. The average molecular weight is 621 g/mol. The van der Waals surface area contributed by atoms with Crippen LogP contribution < -0.4 is 10.8 Å². The molecule has 10 heteroatoms. The molecule has 10 nitrogen and oxygen atoms in total. The summed E-state index contributed by atoms with van der Waals surface area (Å²) in [5.41, 5.74) is 2.12. The van der Waals surface area contributed by atoms with Gasteiger partial charge in [-0.3, -0.25) is 9.69 Å². The van der Waals surface area contributed by atoms with E-state index in [1.807, 2.05) is 6.07 Å². The third-order valence-electron chi connectivity index (χ3n) is 9.92. The molecule has 2 aliphatic heterocycles. The van der Waals surface area contributed by atoms with Crippen LogP contribution in [-0.4, -0.2) is 83.2 Å². The van der Waals surface area contributed by atoms with Gasteiger partial charge >= 0.3 is 12.1 Å². The molecule has 5 rings (SSSR count). The second kappa shape index (κ2) is 16.2. The molecule has 1 saturated carbocycles. The monoisotopic (exact) mass is 620 g/mol. The fourth-order valence-electron chi connectivity index (χ4n) is 7.68. The fourth-order valence-corrected chi connectivity index (χ4v) is 7.68. The van der Waals surface area contributed by atoms with Gasteiger partial charge in [0.25, 0.3) is 0 Å². The number of aliphatic carboxylic acids is 1. The van der Waals surface area contributed by atoms with E-state index in [1.165, 1.54) is 12.0 Å². The quantitative estimate of drug-likeness (QED) is 0.177. The summed E-state index contributed by atoms with van der Waals surface area (Å²) in [4.78, 5) is 41.3.